The SMILES string of the molecule is CC1(C)c2ccccc2C(=O)n2c1nc1c2ccc2c3ccccc3n(-c3cccc(-c4nc(-c5ccccc5)nc(-c5ccccc5)n4)c3)c21. The van der Waals surface area contributed by atoms with Gasteiger partial charge in [0.15, 0.2) is 17.5 Å². The summed E-state index contributed by atoms with van der Waals surface area (Å²) in [5.74, 6) is 2.50. The highest BCUT2D eigenvalue weighted by Crippen LogP contribution is 2.43. The fraction of sp³-hybridized carbons (Fsp3) is 0.0682. The summed E-state index contributed by atoms with van der Waals surface area (Å²) < 4.78 is 4.08. The van der Waals surface area contributed by atoms with Gasteiger partial charge in [0.25, 0.3) is 5.91 Å². The average molecular weight is 659 g/mol. The number of rotatable bonds is 4. The van der Waals surface area contributed by atoms with Crippen LogP contribution < -0.4 is 0 Å². The molecule has 7 nitrogen and oxygen atoms in total. The van der Waals surface area contributed by atoms with Gasteiger partial charge in [0.1, 0.15) is 11.3 Å². The molecule has 1 aliphatic rings. The molecule has 0 radical (unpaired) electrons. The van der Waals surface area contributed by atoms with Crippen LogP contribution in [0, 0.1) is 0 Å². The van der Waals surface area contributed by atoms with Crippen LogP contribution in [-0.2, 0) is 5.41 Å². The fourth-order valence-corrected chi connectivity index (χ4v) is 7.66. The van der Waals surface area contributed by atoms with Crippen molar-refractivity contribution in [2.75, 3.05) is 0 Å². The zero-order valence-corrected chi connectivity index (χ0v) is 27.9. The van der Waals surface area contributed by atoms with Gasteiger partial charge in [-0.3, -0.25) is 9.36 Å². The highest BCUT2D eigenvalue weighted by molar-refractivity contribution is 6.19. The highest BCUT2D eigenvalue weighted by atomic mass is 16.2. The molecule has 10 rings (SSSR count). The van der Waals surface area contributed by atoms with Gasteiger partial charge in [-0.05, 0) is 55.8 Å². The normalized spacial score (nSPS) is 13.5. The minimum absolute atomic E-state index is 0.0512. The smallest absolute Gasteiger partial charge is 0.264 e. The van der Waals surface area contributed by atoms with E-state index in [1.807, 2.05) is 108 Å². The van der Waals surface area contributed by atoms with Crippen molar-refractivity contribution >= 4 is 38.7 Å². The lowest BCUT2D eigenvalue weighted by Crippen LogP contribution is -2.35. The minimum Gasteiger partial charge on any atom is -0.307 e. The van der Waals surface area contributed by atoms with Crippen LogP contribution in [0.5, 0.6) is 0 Å². The topological polar surface area (TPSA) is 78.5 Å². The predicted octanol–water partition coefficient (Wildman–Crippen LogP) is 9.65. The Morgan fingerprint density at radius 3 is 1.84 bits per heavy atom. The summed E-state index contributed by atoms with van der Waals surface area (Å²) in [5.41, 5.74) is 8.44. The third kappa shape index (κ3) is 4.34. The van der Waals surface area contributed by atoms with Gasteiger partial charge >= 0.3 is 0 Å². The first kappa shape index (κ1) is 29.2. The molecule has 3 aromatic heterocycles. The van der Waals surface area contributed by atoms with E-state index in [1.54, 1.807) is 0 Å². The monoisotopic (exact) mass is 658 g/mol. The zero-order valence-electron chi connectivity index (χ0n) is 27.9. The van der Waals surface area contributed by atoms with Crippen LogP contribution in [0.1, 0.15) is 35.6 Å². The molecular weight excluding hydrogens is 629 g/mol. The second-order valence-electron chi connectivity index (χ2n) is 13.5. The van der Waals surface area contributed by atoms with Crippen molar-refractivity contribution in [1.82, 2.24) is 29.1 Å². The number of para-hydroxylation sites is 1. The number of carbonyl (C=O) groups excluding carboxylic acids is 1. The molecule has 0 amide bonds. The first-order valence-corrected chi connectivity index (χ1v) is 17.0. The third-order valence-electron chi connectivity index (χ3n) is 10.1. The largest absolute Gasteiger partial charge is 0.307 e. The molecule has 51 heavy (non-hydrogen) atoms. The van der Waals surface area contributed by atoms with Crippen LogP contribution in [0.15, 0.2) is 146 Å². The lowest BCUT2D eigenvalue weighted by Gasteiger charge is -2.31. The molecule has 0 fully saturated rings. The molecule has 1 aliphatic heterocycles. The first-order valence-electron chi connectivity index (χ1n) is 17.0. The van der Waals surface area contributed by atoms with Crippen molar-refractivity contribution in [2.24, 2.45) is 0 Å². The predicted molar refractivity (Wildman–Crippen MR) is 202 cm³/mol. The van der Waals surface area contributed by atoms with E-state index in [0.717, 1.165) is 66.6 Å². The first-order chi connectivity index (χ1) is 25.0. The van der Waals surface area contributed by atoms with E-state index in [0.29, 0.717) is 23.0 Å². The second kappa shape index (κ2) is 10.9. The van der Waals surface area contributed by atoms with Crippen molar-refractivity contribution in [2.45, 2.75) is 19.3 Å². The van der Waals surface area contributed by atoms with Crippen molar-refractivity contribution in [3.05, 3.63) is 163 Å². The number of hydrogen-bond donors (Lipinski definition) is 0. The van der Waals surface area contributed by atoms with Gasteiger partial charge in [-0.1, -0.05) is 109 Å². The number of benzene rings is 6. The van der Waals surface area contributed by atoms with E-state index in [1.165, 1.54) is 0 Å². The standard InChI is InChI=1S/C44H30N6O/c1-44(2)34-22-11-9-21-33(34)42(51)50-36-25-24-32-31-20-10-12-23-35(31)49(38(32)37(36)45-43(44)50)30-19-13-18-29(26-30)41-47-39(27-14-5-3-6-15-27)46-40(48-41)28-16-7-4-8-17-28/h3-26H,1-2H3. The summed E-state index contributed by atoms with van der Waals surface area (Å²) in [7, 11) is 0. The van der Waals surface area contributed by atoms with Crippen molar-refractivity contribution in [3.63, 3.8) is 0 Å². The molecule has 242 valence electrons. The molecule has 0 saturated carbocycles. The van der Waals surface area contributed by atoms with Crippen LogP contribution in [0.25, 0.3) is 72.7 Å². The van der Waals surface area contributed by atoms with Crippen molar-refractivity contribution in [1.29, 1.82) is 0 Å². The molecule has 0 N–H and O–H groups in total. The number of imidazole rings is 1. The Morgan fingerprint density at radius 1 is 0.510 bits per heavy atom. The molecule has 0 unspecified atom stereocenters. The summed E-state index contributed by atoms with van der Waals surface area (Å²) in [4.78, 5) is 34.3. The summed E-state index contributed by atoms with van der Waals surface area (Å²) in [6, 6.07) is 48.8. The summed E-state index contributed by atoms with van der Waals surface area (Å²) in [6.45, 7) is 4.29. The quantitative estimate of drug-likeness (QED) is 0.188. The molecule has 7 heteroatoms. The maximum atomic E-state index is 14.1. The van der Waals surface area contributed by atoms with Crippen LogP contribution in [0.3, 0.4) is 0 Å². The van der Waals surface area contributed by atoms with E-state index < -0.39 is 5.41 Å². The Kier molecular flexibility index (Phi) is 6.24. The molecular formula is C44H30N6O. The van der Waals surface area contributed by atoms with Crippen LogP contribution in [0.4, 0.5) is 0 Å². The molecule has 0 bridgehead atoms. The molecule has 0 aliphatic carbocycles. The molecule has 0 atom stereocenters. The van der Waals surface area contributed by atoms with Crippen molar-refractivity contribution < 1.29 is 4.79 Å². The molecule has 6 aromatic carbocycles. The van der Waals surface area contributed by atoms with E-state index in [9.17, 15) is 4.79 Å². The molecule has 0 spiro atoms. The van der Waals surface area contributed by atoms with Crippen LogP contribution >= 0.6 is 0 Å². The number of aromatic nitrogens is 6. The Labute approximate surface area is 293 Å². The number of fused-ring (bicyclic) bond motifs is 8. The Bertz CT molecular complexity index is 2790. The van der Waals surface area contributed by atoms with E-state index >= 15 is 0 Å². The van der Waals surface area contributed by atoms with Crippen molar-refractivity contribution in [3.8, 4) is 39.9 Å². The van der Waals surface area contributed by atoms with Crippen LogP contribution in [0.2, 0.25) is 0 Å². The highest BCUT2D eigenvalue weighted by Gasteiger charge is 2.40. The van der Waals surface area contributed by atoms with Crippen LogP contribution in [-0.4, -0.2) is 35.0 Å². The summed E-state index contributed by atoms with van der Waals surface area (Å²) >= 11 is 0. The summed E-state index contributed by atoms with van der Waals surface area (Å²) in [6.07, 6.45) is 0. The maximum Gasteiger partial charge on any atom is 0.264 e. The Balaban J connectivity index is 1.22. The lowest BCUT2D eigenvalue weighted by atomic mass is 9.78. The van der Waals surface area contributed by atoms with Gasteiger partial charge in [-0.25, -0.2) is 19.9 Å². The number of carbonyl (C=O) groups is 1. The molecule has 0 saturated heterocycles. The van der Waals surface area contributed by atoms with E-state index in [2.05, 4.69) is 60.9 Å². The third-order valence-corrected chi connectivity index (χ3v) is 10.1. The zero-order chi connectivity index (χ0) is 34.3. The fourth-order valence-electron chi connectivity index (χ4n) is 7.66. The number of hydrogen-bond acceptors (Lipinski definition) is 5. The van der Waals surface area contributed by atoms with E-state index in [4.69, 9.17) is 19.9 Å². The van der Waals surface area contributed by atoms with Gasteiger partial charge in [0, 0.05) is 44.1 Å². The van der Waals surface area contributed by atoms with Gasteiger partial charge in [-0.2, -0.15) is 0 Å². The van der Waals surface area contributed by atoms with Gasteiger partial charge in [0.2, 0.25) is 0 Å². The average Bonchev–Trinajstić information content (AvgIpc) is 3.75. The number of nitrogens with zero attached hydrogens (tertiary/aromatic N) is 6. The van der Waals surface area contributed by atoms with Gasteiger partial charge in [0.05, 0.1) is 16.6 Å². The second-order valence-corrected chi connectivity index (χ2v) is 13.5. The molecule has 9 aromatic rings. The maximum absolute atomic E-state index is 14.1. The Hall–Kier alpha value is -6.73. The minimum atomic E-state index is -0.474. The van der Waals surface area contributed by atoms with Gasteiger partial charge in [-0.15, -0.1) is 0 Å². The Morgan fingerprint density at radius 2 is 1.12 bits per heavy atom. The molecule has 4 heterocycles. The van der Waals surface area contributed by atoms with E-state index in [-0.39, 0.29) is 5.91 Å². The van der Waals surface area contributed by atoms with Gasteiger partial charge < -0.3 is 4.57 Å². The summed E-state index contributed by atoms with van der Waals surface area (Å²) in [5, 5.41) is 2.18. The lowest BCUT2D eigenvalue weighted by molar-refractivity contribution is 0.0948.